The molecule has 0 aliphatic heterocycles. The van der Waals surface area contributed by atoms with Crippen molar-refractivity contribution in [3.63, 3.8) is 0 Å². The van der Waals surface area contributed by atoms with E-state index in [9.17, 15) is 30.3 Å². The molecular formula is C24H21N7O5. The van der Waals surface area contributed by atoms with Crippen molar-refractivity contribution in [3.05, 3.63) is 92.0 Å². The largest absolute Gasteiger partial charge is 0.367 e. The molecule has 0 radical (unpaired) electrons. The number of azo groups is 1. The van der Waals surface area contributed by atoms with Crippen LogP contribution in [0.3, 0.4) is 0 Å². The zero-order valence-corrected chi connectivity index (χ0v) is 19.4. The maximum Gasteiger partial charge on any atom is 0.304 e. The summed E-state index contributed by atoms with van der Waals surface area (Å²) in [7, 11) is 0. The van der Waals surface area contributed by atoms with Gasteiger partial charge in [-0.1, -0.05) is 30.3 Å². The lowest BCUT2D eigenvalue weighted by atomic mass is 10.1. The molecule has 0 heterocycles. The number of nitro benzene ring substituents is 2. The van der Waals surface area contributed by atoms with Gasteiger partial charge < -0.3 is 10.2 Å². The molecule has 1 N–H and O–H groups in total. The molecule has 36 heavy (non-hydrogen) atoms. The highest BCUT2D eigenvalue weighted by Crippen LogP contribution is 2.38. The van der Waals surface area contributed by atoms with Crippen molar-refractivity contribution >= 4 is 40.0 Å². The number of rotatable bonds is 9. The summed E-state index contributed by atoms with van der Waals surface area (Å²) in [5, 5.41) is 42.6. The SMILES string of the molecule is CCN(Cc1ccccc1)c1ccc(N=Nc2c(C#N)cc([N+](=O)[O-])cc2[N+](=O)[O-])c(NC(C)=O)c1. The summed E-state index contributed by atoms with van der Waals surface area (Å²) in [6.07, 6.45) is 0. The molecule has 3 aromatic carbocycles. The molecule has 0 atom stereocenters. The highest BCUT2D eigenvalue weighted by atomic mass is 16.6. The van der Waals surface area contributed by atoms with E-state index in [1.807, 2.05) is 37.3 Å². The fourth-order valence-corrected chi connectivity index (χ4v) is 3.43. The average molecular weight is 487 g/mol. The second kappa shape index (κ2) is 11.3. The van der Waals surface area contributed by atoms with Crippen molar-refractivity contribution in [1.29, 1.82) is 5.26 Å². The highest BCUT2D eigenvalue weighted by molar-refractivity contribution is 5.93. The topological polar surface area (TPSA) is 167 Å². The van der Waals surface area contributed by atoms with Crippen LogP contribution in [0.5, 0.6) is 0 Å². The molecule has 0 bridgehead atoms. The maximum absolute atomic E-state index is 11.8. The molecule has 1 amide bonds. The first-order valence-electron chi connectivity index (χ1n) is 10.7. The quantitative estimate of drug-likeness (QED) is 0.227. The Bertz CT molecular complexity index is 1380. The molecule has 0 unspecified atom stereocenters. The van der Waals surface area contributed by atoms with Gasteiger partial charge in [-0.2, -0.15) is 5.26 Å². The number of nitrogens with zero attached hydrogens (tertiary/aromatic N) is 6. The number of hydrogen-bond donors (Lipinski definition) is 1. The summed E-state index contributed by atoms with van der Waals surface area (Å²) in [5.41, 5.74) is 0.227. The number of nitro groups is 2. The molecule has 0 aromatic heterocycles. The van der Waals surface area contributed by atoms with Gasteiger partial charge in [0.05, 0.1) is 27.2 Å². The van der Waals surface area contributed by atoms with Crippen molar-refractivity contribution in [3.8, 4) is 6.07 Å². The lowest BCUT2D eigenvalue weighted by molar-refractivity contribution is -0.393. The monoisotopic (exact) mass is 487 g/mol. The zero-order valence-electron chi connectivity index (χ0n) is 19.4. The smallest absolute Gasteiger partial charge is 0.304 e. The Labute approximate surface area is 205 Å². The van der Waals surface area contributed by atoms with Crippen molar-refractivity contribution in [2.24, 2.45) is 10.2 Å². The van der Waals surface area contributed by atoms with E-state index in [2.05, 4.69) is 20.4 Å². The first kappa shape index (κ1) is 25.4. The van der Waals surface area contributed by atoms with Gasteiger partial charge in [0, 0.05) is 31.8 Å². The molecule has 3 aromatic rings. The third-order valence-corrected chi connectivity index (χ3v) is 5.11. The van der Waals surface area contributed by atoms with Crippen LogP contribution in [0, 0.1) is 31.6 Å². The van der Waals surface area contributed by atoms with E-state index in [1.54, 1.807) is 24.3 Å². The molecule has 0 saturated heterocycles. The van der Waals surface area contributed by atoms with Crippen molar-refractivity contribution < 1.29 is 14.6 Å². The van der Waals surface area contributed by atoms with Crippen LogP contribution in [-0.2, 0) is 11.3 Å². The average Bonchev–Trinajstić information content (AvgIpc) is 2.86. The second-order valence-corrected chi connectivity index (χ2v) is 7.57. The minimum absolute atomic E-state index is 0.182. The molecule has 0 saturated carbocycles. The molecule has 0 aliphatic carbocycles. The van der Waals surface area contributed by atoms with E-state index in [0.29, 0.717) is 18.8 Å². The number of amides is 1. The lowest BCUT2D eigenvalue weighted by Crippen LogP contribution is -2.22. The summed E-state index contributed by atoms with van der Waals surface area (Å²) in [6.45, 7) is 4.61. The Kier molecular flexibility index (Phi) is 7.99. The number of hydrogen-bond acceptors (Lipinski definition) is 9. The molecule has 3 rings (SSSR count). The Morgan fingerprint density at radius 2 is 1.78 bits per heavy atom. The summed E-state index contributed by atoms with van der Waals surface area (Å²) in [6, 6.07) is 18.2. The fraction of sp³-hybridized carbons (Fsp3) is 0.167. The molecule has 12 heteroatoms. The highest BCUT2D eigenvalue weighted by Gasteiger charge is 2.24. The van der Waals surface area contributed by atoms with E-state index in [-0.39, 0.29) is 17.2 Å². The number of benzene rings is 3. The summed E-state index contributed by atoms with van der Waals surface area (Å²) < 4.78 is 0. The summed E-state index contributed by atoms with van der Waals surface area (Å²) in [4.78, 5) is 34.8. The Balaban J connectivity index is 2.04. The van der Waals surface area contributed by atoms with Crippen molar-refractivity contribution in [2.45, 2.75) is 20.4 Å². The predicted molar refractivity (Wildman–Crippen MR) is 133 cm³/mol. The van der Waals surface area contributed by atoms with Gasteiger partial charge in [0.1, 0.15) is 11.8 Å². The van der Waals surface area contributed by atoms with Crippen LogP contribution >= 0.6 is 0 Å². The normalized spacial score (nSPS) is 10.6. The third kappa shape index (κ3) is 6.03. The van der Waals surface area contributed by atoms with Crippen LogP contribution in [0.25, 0.3) is 0 Å². The number of anilines is 2. The van der Waals surface area contributed by atoms with E-state index in [1.165, 1.54) is 6.92 Å². The first-order chi connectivity index (χ1) is 17.2. The minimum Gasteiger partial charge on any atom is -0.367 e. The summed E-state index contributed by atoms with van der Waals surface area (Å²) >= 11 is 0. The molecule has 0 spiro atoms. The van der Waals surface area contributed by atoms with Gasteiger partial charge in [0.15, 0.2) is 5.69 Å². The van der Waals surface area contributed by atoms with E-state index >= 15 is 0 Å². The van der Waals surface area contributed by atoms with E-state index in [0.717, 1.165) is 23.4 Å². The Morgan fingerprint density at radius 1 is 1.06 bits per heavy atom. The van der Waals surface area contributed by atoms with Gasteiger partial charge in [-0.05, 0) is 30.7 Å². The molecular weight excluding hydrogens is 466 g/mol. The third-order valence-electron chi connectivity index (χ3n) is 5.11. The first-order valence-corrected chi connectivity index (χ1v) is 10.7. The van der Waals surface area contributed by atoms with Gasteiger partial charge in [0.25, 0.3) is 5.69 Å². The van der Waals surface area contributed by atoms with Gasteiger partial charge >= 0.3 is 5.69 Å². The van der Waals surface area contributed by atoms with Crippen LogP contribution < -0.4 is 10.2 Å². The van der Waals surface area contributed by atoms with E-state index < -0.39 is 26.9 Å². The molecule has 182 valence electrons. The van der Waals surface area contributed by atoms with Gasteiger partial charge in [-0.25, -0.2) is 0 Å². The molecule has 0 aliphatic rings. The van der Waals surface area contributed by atoms with Gasteiger partial charge in [-0.15, -0.1) is 10.2 Å². The van der Waals surface area contributed by atoms with Crippen LogP contribution in [-0.4, -0.2) is 22.3 Å². The number of non-ortho nitro benzene ring substituents is 1. The maximum atomic E-state index is 11.8. The second-order valence-electron chi connectivity index (χ2n) is 7.57. The van der Waals surface area contributed by atoms with Crippen LogP contribution in [0.1, 0.15) is 25.0 Å². The van der Waals surface area contributed by atoms with Crippen molar-refractivity contribution in [1.82, 2.24) is 0 Å². The number of nitrogens with one attached hydrogen (secondary N) is 1. The Morgan fingerprint density at radius 3 is 2.36 bits per heavy atom. The number of nitriles is 1. The van der Waals surface area contributed by atoms with Gasteiger partial charge in [0.2, 0.25) is 5.91 Å². The molecule has 12 nitrogen and oxygen atoms in total. The van der Waals surface area contributed by atoms with E-state index in [4.69, 9.17) is 0 Å². The van der Waals surface area contributed by atoms with Crippen LogP contribution in [0.15, 0.2) is 70.9 Å². The van der Waals surface area contributed by atoms with Crippen LogP contribution in [0.2, 0.25) is 0 Å². The Hall–Kier alpha value is -5.18. The van der Waals surface area contributed by atoms with Crippen LogP contribution in [0.4, 0.5) is 34.1 Å². The molecule has 0 fully saturated rings. The summed E-state index contributed by atoms with van der Waals surface area (Å²) in [5.74, 6) is -0.367. The lowest BCUT2D eigenvalue weighted by Gasteiger charge is -2.24. The predicted octanol–water partition coefficient (Wildman–Crippen LogP) is 5.77. The zero-order chi connectivity index (χ0) is 26.2. The van der Waals surface area contributed by atoms with Gasteiger partial charge in [-0.3, -0.25) is 25.0 Å². The number of carbonyl (C=O) groups excluding carboxylic acids is 1. The minimum atomic E-state index is -0.872. The van der Waals surface area contributed by atoms with Crippen molar-refractivity contribution in [2.75, 3.05) is 16.8 Å². The standard InChI is InChI=1S/C24H21N7O5/c1-3-29(15-17-7-5-4-6-8-17)19-9-10-21(22(12-19)26-16(2)32)27-28-24-18(14-25)11-20(30(33)34)13-23(24)31(35)36/h4-13H,3,15H2,1-2H3,(H,26,32). The number of carbonyl (C=O) groups is 1. The fourth-order valence-electron chi connectivity index (χ4n) is 3.43.